The third-order valence-electron chi connectivity index (χ3n) is 17.2. The van der Waals surface area contributed by atoms with Gasteiger partial charge in [0.2, 0.25) is 24.0 Å². The number of Topliss-reactive ketones (excluding diaryl/α,β-unsaturated/α-hetero) is 1. The van der Waals surface area contributed by atoms with E-state index in [4.69, 9.17) is 29.4 Å². The van der Waals surface area contributed by atoms with Crippen molar-refractivity contribution in [2.45, 2.75) is 146 Å². The Kier molecular flexibility index (Phi) is 18.1. The second kappa shape index (κ2) is 24.7. The molecule has 442 valence electrons. The summed E-state index contributed by atoms with van der Waals surface area (Å²) in [5.74, 6) is -4.13. The molecule has 6 aliphatic rings. The topological polar surface area (TPSA) is 374 Å². The number of nitrogens with zero attached hydrogens (tertiary/aromatic N) is 1. The number of aromatic nitrogens is 1. The van der Waals surface area contributed by atoms with E-state index >= 15 is 0 Å². The fraction of sp³-hybridized carbons (Fsp3) is 0.544. The van der Waals surface area contributed by atoms with E-state index in [1.54, 1.807) is 17.5 Å². The molecular formula is C57H70N6O18S. The highest BCUT2D eigenvalue weighted by Crippen LogP contribution is 2.70. The van der Waals surface area contributed by atoms with E-state index in [2.05, 4.69) is 33.2 Å². The average molecular weight is 1160 g/mol. The fourth-order valence-corrected chi connectivity index (χ4v) is 14.0. The van der Waals surface area contributed by atoms with Gasteiger partial charge >= 0.3 is 12.1 Å². The number of aliphatic carboxylic acids is 1. The molecule has 24 nitrogen and oxygen atoms in total. The number of ether oxygens (including phenoxy) is 5. The number of anilines is 2. The predicted molar refractivity (Wildman–Crippen MR) is 290 cm³/mol. The summed E-state index contributed by atoms with van der Waals surface area (Å²) in [7, 11) is 0. The lowest BCUT2D eigenvalue weighted by molar-refractivity contribution is -0.271. The highest BCUT2D eigenvalue weighted by atomic mass is 32.1. The maximum atomic E-state index is 14.0. The number of unbranched alkanes of at least 4 members (excludes halogenated alkanes) is 1. The molecule has 0 unspecified atom stereocenters. The second-order valence-electron chi connectivity index (χ2n) is 22.4. The van der Waals surface area contributed by atoms with Gasteiger partial charge in [-0.25, -0.2) is 14.6 Å². The van der Waals surface area contributed by atoms with Gasteiger partial charge in [-0.3, -0.25) is 29.3 Å². The number of carboxylic acid groups (broad SMARTS) is 1. The fourth-order valence-electron chi connectivity index (χ4n) is 13.3. The third-order valence-corrected chi connectivity index (χ3v) is 18.0. The number of thiazole rings is 1. The number of rotatable bonds is 21. The third kappa shape index (κ3) is 12.0. The summed E-state index contributed by atoms with van der Waals surface area (Å²) < 4.78 is 29.9. The Labute approximate surface area is 475 Å². The normalized spacial score (nSPS) is 31.9. The second-order valence-corrected chi connectivity index (χ2v) is 23.3. The molecule has 3 saturated carbocycles. The number of hydrogen-bond donors (Lipinski definition) is 11. The van der Waals surface area contributed by atoms with E-state index < -0.39 is 114 Å². The molecule has 12 N–H and O–H groups in total. The first kappa shape index (κ1) is 60.1. The van der Waals surface area contributed by atoms with E-state index in [0.29, 0.717) is 61.9 Å². The first-order valence-corrected chi connectivity index (χ1v) is 28.3. The molecule has 0 radical (unpaired) electrons. The van der Waals surface area contributed by atoms with E-state index in [9.17, 15) is 64.2 Å². The maximum absolute atomic E-state index is 14.0. The lowest BCUT2D eigenvalue weighted by Crippen LogP contribution is -2.63. The van der Waals surface area contributed by atoms with Gasteiger partial charge in [0.05, 0.1) is 23.6 Å². The Morgan fingerprint density at radius 2 is 1.72 bits per heavy atom. The molecule has 4 amide bonds. The Hall–Kier alpha value is -6.52. The molecular weight excluding hydrogens is 1090 g/mol. The van der Waals surface area contributed by atoms with Crippen LogP contribution in [0.1, 0.15) is 101 Å². The summed E-state index contributed by atoms with van der Waals surface area (Å²) in [6.45, 7) is 4.49. The molecule has 4 aliphatic carbocycles. The number of aliphatic hydroxyl groups is 5. The van der Waals surface area contributed by atoms with Crippen molar-refractivity contribution in [3.05, 3.63) is 94.0 Å². The molecule has 2 aliphatic heterocycles. The monoisotopic (exact) mass is 1160 g/mol. The van der Waals surface area contributed by atoms with Crippen molar-refractivity contribution in [1.29, 1.82) is 0 Å². The van der Waals surface area contributed by atoms with Gasteiger partial charge < -0.3 is 76.0 Å². The number of allylic oxidation sites excluding steroid dienone is 4. The van der Waals surface area contributed by atoms with Gasteiger partial charge in [0, 0.05) is 54.0 Å². The quantitative estimate of drug-likeness (QED) is 0.0682. The smallest absolute Gasteiger partial charge is 0.413 e. The number of carbonyl (C=O) groups is 7. The van der Waals surface area contributed by atoms with Crippen LogP contribution in [0, 0.1) is 28.6 Å². The van der Waals surface area contributed by atoms with Crippen LogP contribution >= 0.6 is 11.3 Å². The summed E-state index contributed by atoms with van der Waals surface area (Å²) in [6, 6.07) is 10.7. The van der Waals surface area contributed by atoms with Crippen LogP contribution in [0.2, 0.25) is 0 Å². The van der Waals surface area contributed by atoms with E-state index in [0.717, 1.165) is 28.9 Å². The number of fused-ring (bicyclic) bond motifs is 7. The minimum atomic E-state index is -1.99. The maximum Gasteiger partial charge on any atom is 0.413 e. The summed E-state index contributed by atoms with van der Waals surface area (Å²) >= 11 is 1.15. The van der Waals surface area contributed by atoms with Gasteiger partial charge in [-0.05, 0) is 98.7 Å². The van der Waals surface area contributed by atoms with Crippen LogP contribution in [-0.4, -0.2) is 151 Å². The molecule has 82 heavy (non-hydrogen) atoms. The van der Waals surface area contributed by atoms with Crippen molar-refractivity contribution >= 4 is 63.5 Å². The summed E-state index contributed by atoms with van der Waals surface area (Å²) in [4.78, 5) is 93.7. The first-order chi connectivity index (χ1) is 39.1. The number of benzene rings is 2. The summed E-state index contributed by atoms with van der Waals surface area (Å²) in [5, 5.41) is 75.6. The number of nitrogens with two attached hydrogens (primary N) is 1. The largest absolute Gasteiger partial charge is 0.479 e. The molecule has 3 heterocycles. The zero-order chi connectivity index (χ0) is 58.8. The Bertz CT molecular complexity index is 2990. The van der Waals surface area contributed by atoms with Crippen LogP contribution in [0.3, 0.4) is 0 Å². The number of ketones is 2. The standard InChI is InChI=1S/C57H70N6O18S/c1-28(65)60-37(6-4-5-18-58)49(73)59-19-16-43(69)62-38-21-30(9-14-40(38)78-52-47(72)45(70)46(71)48(80-52)50(74)75)26-77-54(76)63-53-61-33(27-82-53)20-29-7-10-31(11-8-29)51-79-42-23-36-35-13-12-32-22-34(66)15-17-55(32,2)44(35)39(67)24-56(36,3)57(42,81-51)41(68)25-64/h7-11,14-15,17,21-22,27,35-37,39,42,44-48,51-52,64,67,70-72H,4-6,12-13,16,18-20,23-26,58H2,1-3H3,(H,59,73)(H,60,65)(H,62,69)(H,74,75)(H,61,63,76)/t35-,36-,37-,39-,42+,44+,45-,46-,47+,48-,51+,52+,55-,56-,57+/m0/s1. The number of carbonyl (C=O) groups excluding carboxylic acids is 6. The highest BCUT2D eigenvalue weighted by molar-refractivity contribution is 7.13. The number of hydrogen-bond acceptors (Lipinski definition) is 20. The van der Waals surface area contributed by atoms with Gasteiger partial charge in [-0.2, -0.15) is 0 Å². The Morgan fingerprint density at radius 3 is 2.44 bits per heavy atom. The van der Waals surface area contributed by atoms with Gasteiger partial charge in [-0.1, -0.05) is 55.8 Å². The first-order valence-electron chi connectivity index (χ1n) is 27.4. The van der Waals surface area contributed by atoms with Crippen molar-refractivity contribution < 1.29 is 87.9 Å². The number of nitrogens with one attached hydrogen (secondary N) is 4. The van der Waals surface area contributed by atoms with Crippen LogP contribution in [-0.2, 0) is 60.7 Å². The van der Waals surface area contributed by atoms with E-state index in [1.165, 1.54) is 25.1 Å². The Morgan fingerprint density at radius 1 is 0.963 bits per heavy atom. The van der Waals surface area contributed by atoms with Gasteiger partial charge in [0.25, 0.3) is 0 Å². The minimum absolute atomic E-state index is 0.0229. The molecule has 3 aromatic rings. The van der Waals surface area contributed by atoms with Crippen LogP contribution in [0.4, 0.5) is 15.6 Å². The van der Waals surface area contributed by atoms with Crippen molar-refractivity contribution in [2.75, 3.05) is 30.3 Å². The summed E-state index contributed by atoms with van der Waals surface area (Å²) in [5.41, 5.74) is 6.13. The molecule has 2 saturated heterocycles. The zero-order valence-electron chi connectivity index (χ0n) is 45.5. The molecule has 2 aromatic carbocycles. The molecule has 9 rings (SSSR count). The van der Waals surface area contributed by atoms with Crippen LogP contribution in [0.15, 0.2) is 71.6 Å². The molecule has 15 atom stereocenters. The number of aliphatic hydroxyl groups excluding tert-OH is 5. The van der Waals surface area contributed by atoms with Crippen molar-refractivity contribution in [3.63, 3.8) is 0 Å². The van der Waals surface area contributed by atoms with E-state index in [1.807, 2.05) is 37.3 Å². The molecule has 25 heteroatoms. The predicted octanol–water partition coefficient (Wildman–Crippen LogP) is 2.43. The van der Waals surface area contributed by atoms with Crippen LogP contribution < -0.4 is 31.7 Å². The molecule has 5 fully saturated rings. The van der Waals surface area contributed by atoms with E-state index in [-0.39, 0.29) is 66.1 Å². The van der Waals surface area contributed by atoms with Gasteiger partial charge in [0.15, 0.2) is 34.7 Å². The van der Waals surface area contributed by atoms with Crippen molar-refractivity contribution in [2.24, 2.45) is 34.3 Å². The van der Waals surface area contributed by atoms with Crippen LogP contribution in [0.25, 0.3) is 0 Å². The lowest BCUT2D eigenvalue weighted by Gasteiger charge is -2.59. The van der Waals surface area contributed by atoms with Crippen molar-refractivity contribution in [1.82, 2.24) is 15.6 Å². The lowest BCUT2D eigenvalue weighted by atomic mass is 9.46. The number of amides is 4. The molecule has 0 spiro atoms. The molecule has 0 bridgehead atoms. The zero-order valence-corrected chi connectivity index (χ0v) is 46.3. The summed E-state index contributed by atoms with van der Waals surface area (Å²) in [6.07, 6.45) is -3.94. The Balaban J connectivity index is 0.809. The van der Waals surface area contributed by atoms with Crippen LogP contribution in [0.5, 0.6) is 5.75 Å². The van der Waals surface area contributed by atoms with Gasteiger partial charge in [0.1, 0.15) is 43.3 Å². The highest BCUT2D eigenvalue weighted by Gasteiger charge is 2.76. The molecule has 1 aromatic heterocycles. The average Bonchev–Trinajstić information content (AvgIpc) is 1.55. The number of carboxylic acids is 1. The minimum Gasteiger partial charge on any atom is -0.479 e. The van der Waals surface area contributed by atoms with Crippen molar-refractivity contribution in [3.8, 4) is 5.75 Å². The SMILES string of the molecule is CC(=O)N[C@@H](CCCCN)C(=O)NCCC(=O)Nc1cc(COC(=O)Nc2nc(Cc3ccc([C@@H]4O[C@@H]5C[C@H]6[C@@H]7CCC8=CC(=O)C=C[C@]8(C)[C@H]7[C@@H](O)C[C@]6(C)[C@]5(C(=O)CO)O4)cc3)cs2)ccc1O[C@@H]1O[C@H](C(=O)O)[C@@H](O)[C@H](O)[C@H]1O. The van der Waals surface area contributed by atoms with Gasteiger partial charge in [-0.15, -0.1) is 11.3 Å².